The van der Waals surface area contributed by atoms with Crippen LogP contribution in [-0.4, -0.2) is 58.3 Å². The molecule has 1 atom stereocenters. The van der Waals surface area contributed by atoms with Crippen molar-refractivity contribution in [3.63, 3.8) is 0 Å². The average Bonchev–Trinajstić information content (AvgIpc) is 3.42. The van der Waals surface area contributed by atoms with Gasteiger partial charge in [0, 0.05) is 26.2 Å². The normalized spacial score (nSPS) is 18.9. The van der Waals surface area contributed by atoms with Crippen molar-refractivity contribution in [3.05, 3.63) is 41.2 Å². The van der Waals surface area contributed by atoms with Gasteiger partial charge in [0.25, 0.3) is 11.8 Å². The van der Waals surface area contributed by atoms with Gasteiger partial charge in [0.05, 0.1) is 6.54 Å². The van der Waals surface area contributed by atoms with Gasteiger partial charge in [0.15, 0.2) is 17.2 Å². The highest BCUT2D eigenvalue weighted by molar-refractivity contribution is 6.01. The lowest BCUT2D eigenvalue weighted by molar-refractivity contribution is -0.132. The second-order valence-corrected chi connectivity index (χ2v) is 9.02. The van der Waals surface area contributed by atoms with Crippen molar-refractivity contribution in [2.75, 3.05) is 20.4 Å². The van der Waals surface area contributed by atoms with Crippen molar-refractivity contribution >= 4 is 17.7 Å². The zero-order chi connectivity index (χ0) is 23.8. The second kappa shape index (κ2) is 8.76. The van der Waals surface area contributed by atoms with Gasteiger partial charge in [-0.25, -0.2) is 0 Å². The lowest BCUT2D eigenvalue weighted by Crippen LogP contribution is -2.62. The Bertz CT molecular complexity index is 1090. The van der Waals surface area contributed by atoms with Crippen molar-refractivity contribution < 1.29 is 23.9 Å². The molecule has 0 radical (unpaired) electrons. The summed E-state index contributed by atoms with van der Waals surface area (Å²) in [5, 5.41) is 10.1. The third-order valence-corrected chi connectivity index (χ3v) is 6.12. The van der Waals surface area contributed by atoms with Crippen molar-refractivity contribution in [2.24, 2.45) is 5.92 Å². The Hall–Kier alpha value is -3.56. The number of hydrogen-bond acceptors (Lipinski definition) is 6. The molecule has 0 saturated carbocycles. The summed E-state index contributed by atoms with van der Waals surface area (Å²) in [4.78, 5) is 40.0. The van der Waals surface area contributed by atoms with Crippen molar-refractivity contribution in [1.29, 1.82) is 0 Å². The maximum atomic E-state index is 13.0. The van der Waals surface area contributed by atoms with Crippen LogP contribution in [0.5, 0.6) is 11.5 Å². The summed E-state index contributed by atoms with van der Waals surface area (Å²) in [5.41, 5.74) is 0.140. The number of nitrogens with zero attached hydrogens (tertiary/aromatic N) is 3. The first kappa shape index (κ1) is 22.6. The third-order valence-electron chi connectivity index (χ3n) is 6.12. The fourth-order valence-corrected chi connectivity index (χ4v) is 3.83. The van der Waals surface area contributed by atoms with Crippen molar-refractivity contribution in [2.45, 2.75) is 45.8 Å². The van der Waals surface area contributed by atoms with Crippen LogP contribution in [0.1, 0.15) is 53.7 Å². The molecule has 0 unspecified atom stereocenters. The van der Waals surface area contributed by atoms with Crippen LogP contribution in [0.15, 0.2) is 24.3 Å². The maximum Gasteiger partial charge on any atom is 0.272 e. The molecule has 0 aliphatic carbocycles. The second-order valence-electron chi connectivity index (χ2n) is 9.02. The molecule has 33 heavy (non-hydrogen) atoms. The summed E-state index contributed by atoms with van der Waals surface area (Å²) in [6, 6.07) is 6.90. The minimum absolute atomic E-state index is 0.122. The van der Waals surface area contributed by atoms with Gasteiger partial charge < -0.3 is 25.0 Å². The Morgan fingerprint density at radius 1 is 1.18 bits per heavy atom. The number of benzene rings is 1. The van der Waals surface area contributed by atoms with Gasteiger partial charge in [-0.2, -0.15) is 5.10 Å². The summed E-state index contributed by atoms with van der Waals surface area (Å²) in [5.74, 6) is 0.761. The van der Waals surface area contributed by atoms with E-state index in [4.69, 9.17) is 9.47 Å². The third kappa shape index (κ3) is 4.37. The van der Waals surface area contributed by atoms with Crippen LogP contribution in [0.4, 0.5) is 0 Å². The standard InChI is InChI=1S/C23H29N5O5/c1-14(2)7-8-24-22(31)23(3)12-28-17(21(30)27(23)4)10-16(26-28)20(29)25-11-15-5-6-18-19(9-15)33-13-32-18/h5-6,9-10,14H,7-8,11-13H2,1-4H3,(H,24,31)(H,25,29)/t23-/m1/s1. The number of aromatic nitrogens is 2. The highest BCUT2D eigenvalue weighted by Gasteiger charge is 2.46. The molecule has 176 valence electrons. The van der Waals surface area contributed by atoms with Crippen molar-refractivity contribution in [1.82, 2.24) is 25.3 Å². The fourth-order valence-electron chi connectivity index (χ4n) is 3.83. The molecule has 0 saturated heterocycles. The summed E-state index contributed by atoms with van der Waals surface area (Å²) in [6.45, 7) is 7.02. The van der Waals surface area contributed by atoms with Gasteiger partial charge in [0.1, 0.15) is 11.2 Å². The van der Waals surface area contributed by atoms with Gasteiger partial charge in [-0.1, -0.05) is 19.9 Å². The monoisotopic (exact) mass is 455 g/mol. The number of fused-ring (bicyclic) bond motifs is 2. The number of carbonyl (C=O) groups excluding carboxylic acids is 3. The quantitative estimate of drug-likeness (QED) is 0.655. The van der Waals surface area contributed by atoms with Gasteiger partial charge >= 0.3 is 0 Å². The number of likely N-dealkylation sites (N-methyl/N-ethyl adjacent to an activating group) is 1. The molecule has 2 N–H and O–H groups in total. The summed E-state index contributed by atoms with van der Waals surface area (Å²) < 4.78 is 12.1. The van der Waals surface area contributed by atoms with E-state index in [1.54, 1.807) is 20.0 Å². The smallest absolute Gasteiger partial charge is 0.272 e. The van der Waals surface area contributed by atoms with E-state index < -0.39 is 11.4 Å². The first-order valence-corrected chi connectivity index (χ1v) is 11.0. The van der Waals surface area contributed by atoms with Crippen LogP contribution in [0.3, 0.4) is 0 Å². The summed E-state index contributed by atoms with van der Waals surface area (Å²) in [7, 11) is 1.60. The van der Waals surface area contributed by atoms with E-state index in [1.165, 1.54) is 15.6 Å². The molecule has 4 rings (SSSR count). The van der Waals surface area contributed by atoms with Crippen LogP contribution in [-0.2, 0) is 17.9 Å². The Kier molecular flexibility index (Phi) is 6.01. The van der Waals surface area contributed by atoms with Gasteiger partial charge in [-0.15, -0.1) is 0 Å². The molecule has 3 heterocycles. The first-order valence-electron chi connectivity index (χ1n) is 11.0. The molecule has 2 aliphatic rings. The SMILES string of the molecule is CC(C)CCNC(=O)[C@@]1(C)Cn2nc(C(=O)NCc3ccc4c(c3)OCO4)cc2C(=O)N1C. The minimum Gasteiger partial charge on any atom is -0.454 e. The van der Waals surface area contributed by atoms with E-state index in [1.807, 2.05) is 12.1 Å². The topological polar surface area (TPSA) is 115 Å². The zero-order valence-electron chi connectivity index (χ0n) is 19.3. The van der Waals surface area contributed by atoms with E-state index in [0.29, 0.717) is 24.0 Å². The van der Waals surface area contributed by atoms with Crippen molar-refractivity contribution in [3.8, 4) is 11.5 Å². The molecule has 10 nitrogen and oxygen atoms in total. The summed E-state index contributed by atoms with van der Waals surface area (Å²) >= 11 is 0. The lowest BCUT2D eigenvalue weighted by Gasteiger charge is -2.40. The van der Waals surface area contributed by atoms with Crippen LogP contribution in [0.2, 0.25) is 0 Å². The number of hydrogen-bond donors (Lipinski definition) is 2. The van der Waals surface area contributed by atoms with E-state index in [9.17, 15) is 14.4 Å². The molecule has 1 aromatic carbocycles. The number of amides is 3. The minimum atomic E-state index is -1.10. The molecule has 2 aromatic rings. The van der Waals surface area contributed by atoms with E-state index in [2.05, 4.69) is 29.6 Å². The lowest BCUT2D eigenvalue weighted by atomic mass is 9.95. The molecule has 1 aromatic heterocycles. The molecular weight excluding hydrogens is 426 g/mol. The Balaban J connectivity index is 1.44. The van der Waals surface area contributed by atoms with Crippen LogP contribution < -0.4 is 20.1 Å². The van der Waals surface area contributed by atoms with E-state index >= 15 is 0 Å². The van der Waals surface area contributed by atoms with Crippen LogP contribution >= 0.6 is 0 Å². The Morgan fingerprint density at radius 2 is 1.94 bits per heavy atom. The summed E-state index contributed by atoms with van der Waals surface area (Å²) in [6.07, 6.45) is 0.847. The molecule has 10 heteroatoms. The van der Waals surface area contributed by atoms with Gasteiger partial charge in [-0.05, 0) is 37.0 Å². The van der Waals surface area contributed by atoms with E-state index in [0.717, 1.165) is 12.0 Å². The van der Waals surface area contributed by atoms with Crippen LogP contribution in [0.25, 0.3) is 0 Å². The number of carbonyl (C=O) groups is 3. The highest BCUT2D eigenvalue weighted by Crippen LogP contribution is 2.32. The molecule has 3 amide bonds. The number of rotatable bonds is 7. The molecule has 2 aliphatic heterocycles. The predicted molar refractivity (Wildman–Crippen MR) is 119 cm³/mol. The highest BCUT2D eigenvalue weighted by atomic mass is 16.7. The Morgan fingerprint density at radius 3 is 2.70 bits per heavy atom. The number of ether oxygens (including phenoxy) is 2. The maximum absolute atomic E-state index is 13.0. The largest absolute Gasteiger partial charge is 0.454 e. The van der Waals surface area contributed by atoms with Gasteiger partial charge in [0.2, 0.25) is 12.7 Å². The molecular formula is C23H29N5O5. The molecule has 0 fully saturated rings. The van der Waals surface area contributed by atoms with Gasteiger partial charge in [-0.3, -0.25) is 19.1 Å². The molecule has 0 bridgehead atoms. The van der Waals surface area contributed by atoms with Crippen LogP contribution in [0, 0.1) is 5.92 Å². The van der Waals surface area contributed by atoms with E-state index in [-0.39, 0.29) is 43.1 Å². The fraction of sp³-hybridized carbons (Fsp3) is 0.478. The Labute approximate surface area is 192 Å². The predicted octanol–water partition coefficient (Wildman–Crippen LogP) is 1.55. The molecule has 0 spiro atoms. The first-order chi connectivity index (χ1) is 15.7. The zero-order valence-corrected chi connectivity index (χ0v) is 19.3. The average molecular weight is 456 g/mol. The number of nitrogens with one attached hydrogen (secondary N) is 2.